The van der Waals surface area contributed by atoms with E-state index >= 15 is 0 Å². The van der Waals surface area contributed by atoms with Crippen molar-refractivity contribution in [3.8, 4) is 0 Å². The lowest BCUT2D eigenvalue weighted by atomic mass is 9.98. The van der Waals surface area contributed by atoms with E-state index < -0.39 is 43.2 Å². The predicted molar refractivity (Wildman–Crippen MR) is 47.6 cm³/mol. The van der Waals surface area contributed by atoms with Gasteiger partial charge in [-0.3, -0.25) is 4.79 Å². The van der Waals surface area contributed by atoms with Gasteiger partial charge in [0.25, 0.3) is 0 Å². The highest BCUT2D eigenvalue weighted by molar-refractivity contribution is 5.73. The molecular weight excluding hydrogens is 206 g/mol. The normalized spacial score (nSPS) is 41.3. The summed E-state index contributed by atoms with van der Waals surface area (Å²) in [6.07, 6.45) is -6.42. The second-order valence-corrected chi connectivity index (χ2v) is 3.45. The molecule has 5 N–H and O–H groups in total. The lowest BCUT2D eigenvalue weighted by molar-refractivity contribution is -0.235. The third kappa shape index (κ3) is 2.64. The average Bonchev–Trinajstić information content (AvgIpc) is 2.18. The van der Waals surface area contributed by atoms with E-state index in [2.05, 4.69) is 5.32 Å². The number of amides is 1. The molecule has 0 radical (unpaired) electrons. The minimum atomic E-state index is -1.47. The Hall–Kier alpha value is -0.730. The molecule has 1 heterocycles. The van der Waals surface area contributed by atoms with Crippen molar-refractivity contribution in [3.63, 3.8) is 0 Å². The number of aliphatic hydroxyl groups is 4. The molecule has 0 bridgehead atoms. The molecule has 5 atom stereocenters. The highest BCUT2D eigenvalue weighted by Gasteiger charge is 2.43. The fraction of sp³-hybridized carbons (Fsp3) is 0.875. The lowest BCUT2D eigenvalue weighted by Crippen LogP contribution is -2.63. The first-order chi connectivity index (χ1) is 6.97. The first kappa shape index (κ1) is 12.3. The highest BCUT2D eigenvalue weighted by Crippen LogP contribution is 2.19. The van der Waals surface area contributed by atoms with E-state index in [1.165, 1.54) is 6.92 Å². The maximum Gasteiger partial charge on any atom is 0.218 e. The van der Waals surface area contributed by atoms with Crippen LogP contribution in [0.25, 0.3) is 0 Å². The molecule has 7 nitrogen and oxygen atoms in total. The largest absolute Gasteiger partial charge is 0.394 e. The van der Waals surface area contributed by atoms with E-state index in [0.717, 1.165) is 0 Å². The smallest absolute Gasteiger partial charge is 0.218 e. The SMILES string of the molecule is CC(=O)N[C@H]1O[C@@H](CO)[C@@H](O)[C@@H](O)[C@H]1O. The van der Waals surface area contributed by atoms with E-state index in [4.69, 9.17) is 9.84 Å². The molecule has 1 fully saturated rings. The Morgan fingerprint density at radius 1 is 1.27 bits per heavy atom. The zero-order chi connectivity index (χ0) is 11.6. The van der Waals surface area contributed by atoms with Gasteiger partial charge < -0.3 is 30.5 Å². The van der Waals surface area contributed by atoms with E-state index in [0.29, 0.717) is 0 Å². The van der Waals surface area contributed by atoms with Crippen LogP contribution in [-0.4, -0.2) is 63.6 Å². The van der Waals surface area contributed by atoms with Crippen molar-refractivity contribution in [1.82, 2.24) is 5.32 Å². The third-order valence-corrected chi connectivity index (χ3v) is 2.24. The average molecular weight is 221 g/mol. The summed E-state index contributed by atoms with van der Waals surface area (Å²) in [6.45, 7) is 0.711. The summed E-state index contributed by atoms with van der Waals surface area (Å²) >= 11 is 0. The van der Waals surface area contributed by atoms with Gasteiger partial charge in [0.15, 0.2) is 6.23 Å². The molecule has 1 amide bonds. The summed E-state index contributed by atoms with van der Waals surface area (Å²) in [7, 11) is 0. The van der Waals surface area contributed by atoms with E-state index in [-0.39, 0.29) is 0 Å². The molecule has 7 heteroatoms. The monoisotopic (exact) mass is 221 g/mol. The Balaban J connectivity index is 2.69. The van der Waals surface area contributed by atoms with Gasteiger partial charge in [-0.15, -0.1) is 0 Å². The van der Waals surface area contributed by atoms with Gasteiger partial charge >= 0.3 is 0 Å². The maximum absolute atomic E-state index is 10.7. The molecule has 0 aliphatic carbocycles. The second-order valence-electron chi connectivity index (χ2n) is 3.45. The fourth-order valence-electron chi connectivity index (χ4n) is 1.42. The maximum atomic E-state index is 10.7. The molecule has 0 aromatic carbocycles. The van der Waals surface area contributed by atoms with Crippen LogP contribution < -0.4 is 5.32 Å². The van der Waals surface area contributed by atoms with Gasteiger partial charge in [0, 0.05) is 6.92 Å². The molecule has 88 valence electrons. The van der Waals surface area contributed by atoms with Crippen LogP contribution in [0.4, 0.5) is 0 Å². The molecule has 1 aliphatic rings. The van der Waals surface area contributed by atoms with Crippen LogP contribution in [0.5, 0.6) is 0 Å². The number of nitrogens with one attached hydrogen (secondary N) is 1. The molecule has 0 unspecified atom stereocenters. The standard InChI is InChI=1S/C8H15NO6/c1-3(11)9-8-7(14)6(13)5(12)4(2-10)15-8/h4-8,10,12-14H,2H2,1H3,(H,9,11)/t4-,5+,6+,7+,8-/m0/s1. The van der Waals surface area contributed by atoms with Crippen molar-refractivity contribution in [2.45, 2.75) is 37.6 Å². The van der Waals surface area contributed by atoms with Gasteiger partial charge in [0.1, 0.15) is 24.4 Å². The number of carbonyl (C=O) groups excluding carboxylic acids is 1. The summed E-state index contributed by atoms with van der Waals surface area (Å²) in [5.74, 6) is -0.445. The Kier molecular flexibility index (Phi) is 4.00. The third-order valence-electron chi connectivity index (χ3n) is 2.24. The van der Waals surface area contributed by atoms with Crippen LogP contribution in [0.15, 0.2) is 0 Å². The summed E-state index contributed by atoms with van der Waals surface area (Å²) in [5.41, 5.74) is 0. The Morgan fingerprint density at radius 3 is 2.33 bits per heavy atom. The quantitative estimate of drug-likeness (QED) is 0.337. The van der Waals surface area contributed by atoms with Crippen molar-refractivity contribution >= 4 is 5.91 Å². The van der Waals surface area contributed by atoms with Crippen molar-refractivity contribution < 1.29 is 30.0 Å². The first-order valence-corrected chi connectivity index (χ1v) is 4.55. The van der Waals surface area contributed by atoms with Crippen molar-refractivity contribution in [2.75, 3.05) is 6.61 Å². The van der Waals surface area contributed by atoms with Crippen LogP contribution in [-0.2, 0) is 9.53 Å². The molecular formula is C8H15NO6. The molecule has 1 aliphatic heterocycles. The van der Waals surface area contributed by atoms with Crippen LogP contribution in [0.3, 0.4) is 0 Å². The molecule has 0 aromatic heterocycles. The lowest BCUT2D eigenvalue weighted by Gasteiger charge is -2.39. The minimum absolute atomic E-state index is 0.445. The number of hydrogen-bond donors (Lipinski definition) is 5. The van der Waals surface area contributed by atoms with E-state index in [1.807, 2.05) is 0 Å². The van der Waals surface area contributed by atoms with Crippen molar-refractivity contribution in [1.29, 1.82) is 0 Å². The molecule has 1 saturated heterocycles. The number of hydrogen-bond acceptors (Lipinski definition) is 6. The van der Waals surface area contributed by atoms with Gasteiger partial charge in [-0.25, -0.2) is 0 Å². The zero-order valence-electron chi connectivity index (χ0n) is 8.20. The van der Waals surface area contributed by atoms with Crippen LogP contribution >= 0.6 is 0 Å². The molecule has 0 saturated carbocycles. The number of ether oxygens (including phenoxy) is 1. The second kappa shape index (κ2) is 4.86. The van der Waals surface area contributed by atoms with E-state index in [1.54, 1.807) is 0 Å². The van der Waals surface area contributed by atoms with Gasteiger partial charge in [0.2, 0.25) is 5.91 Å². The topological polar surface area (TPSA) is 119 Å². The Bertz CT molecular complexity index is 233. The summed E-state index contributed by atoms with van der Waals surface area (Å²) < 4.78 is 5.00. The highest BCUT2D eigenvalue weighted by atomic mass is 16.6. The minimum Gasteiger partial charge on any atom is -0.394 e. The molecule has 0 spiro atoms. The summed E-state index contributed by atoms with van der Waals surface area (Å²) in [6, 6.07) is 0. The number of aliphatic hydroxyl groups excluding tert-OH is 4. The van der Waals surface area contributed by atoms with Gasteiger partial charge in [-0.2, -0.15) is 0 Å². The van der Waals surface area contributed by atoms with Crippen molar-refractivity contribution in [3.05, 3.63) is 0 Å². The van der Waals surface area contributed by atoms with Crippen molar-refractivity contribution in [2.24, 2.45) is 0 Å². The number of carbonyl (C=O) groups is 1. The molecule has 15 heavy (non-hydrogen) atoms. The Morgan fingerprint density at radius 2 is 1.87 bits per heavy atom. The number of rotatable bonds is 2. The summed E-state index contributed by atoms with van der Waals surface area (Å²) in [5, 5.41) is 39.3. The van der Waals surface area contributed by atoms with Gasteiger partial charge in [0.05, 0.1) is 6.61 Å². The van der Waals surface area contributed by atoms with Crippen LogP contribution in [0.1, 0.15) is 6.92 Å². The van der Waals surface area contributed by atoms with Gasteiger partial charge in [-0.05, 0) is 0 Å². The summed E-state index contributed by atoms with van der Waals surface area (Å²) in [4.78, 5) is 10.7. The predicted octanol–water partition coefficient (Wildman–Crippen LogP) is -3.08. The molecule has 0 aromatic rings. The van der Waals surface area contributed by atoms with Crippen LogP contribution in [0, 0.1) is 0 Å². The first-order valence-electron chi connectivity index (χ1n) is 4.55. The Labute approximate surface area is 86.3 Å². The zero-order valence-corrected chi connectivity index (χ0v) is 8.20. The van der Waals surface area contributed by atoms with Crippen LogP contribution in [0.2, 0.25) is 0 Å². The fourth-order valence-corrected chi connectivity index (χ4v) is 1.42. The molecule has 1 rings (SSSR count). The van der Waals surface area contributed by atoms with Gasteiger partial charge in [-0.1, -0.05) is 0 Å². The van der Waals surface area contributed by atoms with E-state index in [9.17, 15) is 20.1 Å².